The SMILES string of the molecule is CCC1C(=O)NC(=O)CN1c1ncnc(NC)c1Br. The zero-order chi connectivity index (χ0) is 14.0. The Labute approximate surface area is 118 Å². The molecule has 2 N–H and O–H groups in total. The maximum absolute atomic E-state index is 11.8. The highest BCUT2D eigenvalue weighted by atomic mass is 79.9. The van der Waals surface area contributed by atoms with Crippen LogP contribution in [0.25, 0.3) is 0 Å². The molecule has 1 unspecified atom stereocenters. The first kappa shape index (κ1) is 13.7. The lowest BCUT2D eigenvalue weighted by molar-refractivity contribution is -0.132. The largest absolute Gasteiger partial charge is 0.372 e. The van der Waals surface area contributed by atoms with E-state index in [0.717, 1.165) is 0 Å². The van der Waals surface area contributed by atoms with E-state index in [0.29, 0.717) is 22.5 Å². The van der Waals surface area contributed by atoms with Gasteiger partial charge in [-0.3, -0.25) is 14.9 Å². The van der Waals surface area contributed by atoms with E-state index in [4.69, 9.17) is 0 Å². The van der Waals surface area contributed by atoms with Gasteiger partial charge in [-0.2, -0.15) is 0 Å². The van der Waals surface area contributed by atoms with Crippen molar-refractivity contribution in [3.63, 3.8) is 0 Å². The van der Waals surface area contributed by atoms with Crippen molar-refractivity contribution >= 4 is 39.4 Å². The molecule has 0 saturated carbocycles. The van der Waals surface area contributed by atoms with Crippen molar-refractivity contribution in [2.45, 2.75) is 19.4 Å². The molecule has 0 aliphatic carbocycles. The van der Waals surface area contributed by atoms with Crippen LogP contribution in [0.3, 0.4) is 0 Å². The van der Waals surface area contributed by atoms with Crippen molar-refractivity contribution in [2.75, 3.05) is 23.8 Å². The Hall–Kier alpha value is -1.70. The predicted molar refractivity (Wildman–Crippen MR) is 73.9 cm³/mol. The van der Waals surface area contributed by atoms with Crippen LogP contribution in [0.1, 0.15) is 13.3 Å². The average molecular weight is 328 g/mol. The lowest BCUT2D eigenvalue weighted by atomic mass is 10.1. The number of hydrogen-bond donors (Lipinski definition) is 2. The van der Waals surface area contributed by atoms with E-state index in [1.54, 1.807) is 11.9 Å². The molecule has 1 aromatic heterocycles. The highest BCUT2D eigenvalue weighted by Gasteiger charge is 2.34. The molecule has 7 nitrogen and oxygen atoms in total. The molecule has 1 aliphatic heterocycles. The van der Waals surface area contributed by atoms with Gasteiger partial charge in [0.15, 0.2) is 0 Å². The Morgan fingerprint density at radius 2 is 2.26 bits per heavy atom. The van der Waals surface area contributed by atoms with Crippen molar-refractivity contribution in [1.29, 1.82) is 0 Å². The molecule has 2 amide bonds. The number of aromatic nitrogens is 2. The van der Waals surface area contributed by atoms with Gasteiger partial charge in [-0.25, -0.2) is 9.97 Å². The Balaban J connectivity index is 2.43. The lowest BCUT2D eigenvalue weighted by Gasteiger charge is -2.34. The number of nitrogens with one attached hydrogen (secondary N) is 2. The zero-order valence-electron chi connectivity index (χ0n) is 10.6. The minimum Gasteiger partial charge on any atom is -0.372 e. The average Bonchev–Trinajstić information content (AvgIpc) is 2.38. The quantitative estimate of drug-likeness (QED) is 0.787. The number of piperazine rings is 1. The van der Waals surface area contributed by atoms with Gasteiger partial charge in [0.05, 0.1) is 6.54 Å². The number of hydrogen-bond acceptors (Lipinski definition) is 6. The second kappa shape index (κ2) is 5.52. The smallest absolute Gasteiger partial charge is 0.249 e. The number of nitrogens with zero attached hydrogens (tertiary/aromatic N) is 3. The number of imide groups is 1. The molecule has 19 heavy (non-hydrogen) atoms. The molecule has 1 aliphatic rings. The number of halogens is 1. The van der Waals surface area contributed by atoms with Crippen LogP contribution in [-0.2, 0) is 9.59 Å². The lowest BCUT2D eigenvalue weighted by Crippen LogP contribution is -2.58. The Kier molecular flexibility index (Phi) is 3.98. The van der Waals surface area contributed by atoms with Crippen molar-refractivity contribution < 1.29 is 9.59 Å². The van der Waals surface area contributed by atoms with E-state index in [9.17, 15) is 9.59 Å². The van der Waals surface area contributed by atoms with Crippen LogP contribution in [-0.4, -0.2) is 41.4 Å². The molecule has 0 bridgehead atoms. The monoisotopic (exact) mass is 327 g/mol. The standard InChI is InChI=1S/C11H14BrN5O2/c1-3-6-11(19)16-7(18)4-17(6)10-8(12)9(13-2)14-5-15-10/h5-6H,3-4H2,1-2H3,(H,13,14,15)(H,16,18,19). The zero-order valence-corrected chi connectivity index (χ0v) is 12.2. The van der Waals surface area contributed by atoms with Gasteiger partial charge in [0, 0.05) is 7.05 Å². The summed E-state index contributed by atoms with van der Waals surface area (Å²) < 4.78 is 0.637. The van der Waals surface area contributed by atoms with Crippen molar-refractivity contribution in [2.24, 2.45) is 0 Å². The molecule has 2 heterocycles. The summed E-state index contributed by atoms with van der Waals surface area (Å²) in [6.45, 7) is 1.99. The fourth-order valence-electron chi connectivity index (χ4n) is 2.03. The Morgan fingerprint density at radius 1 is 1.53 bits per heavy atom. The summed E-state index contributed by atoms with van der Waals surface area (Å²) in [6.07, 6.45) is 1.99. The summed E-state index contributed by atoms with van der Waals surface area (Å²) in [5, 5.41) is 5.25. The molecule has 0 radical (unpaired) electrons. The molecule has 2 rings (SSSR count). The number of rotatable bonds is 3. The normalized spacial score (nSPS) is 19.3. The summed E-state index contributed by atoms with van der Waals surface area (Å²) in [5.74, 6) is 0.522. The molecule has 0 aromatic carbocycles. The predicted octanol–water partition coefficient (Wildman–Crippen LogP) is 0.522. The highest BCUT2D eigenvalue weighted by Crippen LogP contribution is 2.31. The van der Waals surface area contributed by atoms with Gasteiger partial charge in [-0.15, -0.1) is 0 Å². The van der Waals surface area contributed by atoms with Crippen LogP contribution >= 0.6 is 15.9 Å². The molecule has 1 atom stereocenters. The third kappa shape index (κ3) is 2.53. The van der Waals surface area contributed by atoms with E-state index in [1.807, 2.05) is 6.92 Å². The van der Waals surface area contributed by atoms with Crippen molar-refractivity contribution in [3.8, 4) is 0 Å². The molecular formula is C11H14BrN5O2. The van der Waals surface area contributed by atoms with Crippen molar-refractivity contribution in [3.05, 3.63) is 10.8 Å². The van der Waals surface area contributed by atoms with E-state index in [2.05, 4.69) is 36.5 Å². The van der Waals surface area contributed by atoms with Crippen LogP contribution in [0.5, 0.6) is 0 Å². The van der Waals surface area contributed by atoms with Gasteiger partial charge >= 0.3 is 0 Å². The maximum Gasteiger partial charge on any atom is 0.249 e. The third-order valence-electron chi connectivity index (χ3n) is 2.92. The molecule has 1 saturated heterocycles. The van der Waals surface area contributed by atoms with Crippen LogP contribution in [0.4, 0.5) is 11.6 Å². The molecule has 1 fully saturated rings. The second-order valence-corrected chi connectivity index (χ2v) is 4.87. The highest BCUT2D eigenvalue weighted by molar-refractivity contribution is 9.10. The number of carbonyl (C=O) groups is 2. The third-order valence-corrected chi connectivity index (χ3v) is 3.65. The van der Waals surface area contributed by atoms with E-state index in [-0.39, 0.29) is 18.4 Å². The fourth-order valence-corrected chi connectivity index (χ4v) is 2.66. The van der Waals surface area contributed by atoms with Crippen LogP contribution in [0.2, 0.25) is 0 Å². The Bertz CT molecular complexity index is 522. The summed E-state index contributed by atoms with van der Waals surface area (Å²) in [4.78, 5) is 33.3. The fraction of sp³-hybridized carbons (Fsp3) is 0.455. The van der Waals surface area contributed by atoms with Gasteiger partial charge in [0.25, 0.3) is 0 Å². The first-order valence-corrected chi connectivity index (χ1v) is 6.66. The number of amides is 2. The first-order valence-electron chi connectivity index (χ1n) is 5.87. The summed E-state index contributed by atoms with van der Waals surface area (Å²) in [6, 6.07) is -0.409. The van der Waals surface area contributed by atoms with Gasteiger partial charge < -0.3 is 10.2 Å². The molecular weight excluding hydrogens is 314 g/mol. The minimum absolute atomic E-state index is 0.100. The van der Waals surface area contributed by atoms with Gasteiger partial charge in [0.2, 0.25) is 11.8 Å². The minimum atomic E-state index is -0.409. The van der Waals surface area contributed by atoms with Gasteiger partial charge in [-0.1, -0.05) is 6.92 Å². The Morgan fingerprint density at radius 3 is 2.89 bits per heavy atom. The first-order chi connectivity index (χ1) is 9.08. The van der Waals surface area contributed by atoms with Gasteiger partial charge in [-0.05, 0) is 22.4 Å². The van der Waals surface area contributed by atoms with E-state index >= 15 is 0 Å². The van der Waals surface area contributed by atoms with E-state index < -0.39 is 6.04 Å². The molecule has 0 spiro atoms. The number of anilines is 2. The van der Waals surface area contributed by atoms with Crippen molar-refractivity contribution in [1.82, 2.24) is 15.3 Å². The van der Waals surface area contributed by atoms with Crippen LogP contribution in [0.15, 0.2) is 10.8 Å². The molecule has 1 aromatic rings. The molecule has 8 heteroatoms. The topological polar surface area (TPSA) is 87.2 Å². The van der Waals surface area contributed by atoms with E-state index in [1.165, 1.54) is 6.33 Å². The van der Waals surface area contributed by atoms with Crippen LogP contribution in [0, 0.1) is 0 Å². The number of carbonyl (C=O) groups excluding carboxylic acids is 2. The summed E-state index contributed by atoms with van der Waals surface area (Å²) >= 11 is 3.40. The van der Waals surface area contributed by atoms with Crippen LogP contribution < -0.4 is 15.5 Å². The summed E-state index contributed by atoms with van der Waals surface area (Å²) in [5.41, 5.74) is 0. The maximum atomic E-state index is 11.8. The summed E-state index contributed by atoms with van der Waals surface area (Å²) in [7, 11) is 1.74. The molecule has 102 valence electrons. The van der Waals surface area contributed by atoms with Gasteiger partial charge in [0.1, 0.15) is 28.5 Å². The second-order valence-electron chi connectivity index (χ2n) is 4.07.